The molecule has 2 unspecified atom stereocenters. The summed E-state index contributed by atoms with van der Waals surface area (Å²) in [7, 11) is -3.69. The van der Waals surface area contributed by atoms with Crippen LogP contribution >= 0.6 is 0 Å². The molecule has 2 fully saturated rings. The Balaban J connectivity index is 1.51. The van der Waals surface area contributed by atoms with E-state index in [9.17, 15) is 18.5 Å². The third-order valence-electron chi connectivity index (χ3n) is 7.31. The molecule has 9 nitrogen and oxygen atoms in total. The lowest BCUT2D eigenvalue weighted by Gasteiger charge is -2.30. The topological polar surface area (TPSA) is 117 Å². The molecule has 2 aliphatic heterocycles. The molecule has 0 aliphatic carbocycles. The molecule has 0 bridgehead atoms. The molecule has 1 N–H and O–H groups in total. The zero-order valence-corrected chi connectivity index (χ0v) is 23.3. The summed E-state index contributed by atoms with van der Waals surface area (Å²) in [5.41, 5.74) is 2.28. The Morgan fingerprint density at radius 2 is 2.00 bits per heavy atom. The van der Waals surface area contributed by atoms with Crippen LogP contribution in [0.5, 0.6) is 0 Å². The number of carbonyl (C=O) groups excluding carboxylic acids is 1. The van der Waals surface area contributed by atoms with Crippen LogP contribution in [0.2, 0.25) is 0 Å². The van der Waals surface area contributed by atoms with E-state index in [1.54, 1.807) is 39.4 Å². The number of ether oxygens (including phenoxy) is 1. The van der Waals surface area contributed by atoms with Crippen molar-refractivity contribution in [1.82, 2.24) is 19.4 Å². The van der Waals surface area contributed by atoms with Crippen LogP contribution in [0.4, 0.5) is 0 Å². The molecule has 1 aromatic heterocycles. The lowest BCUT2D eigenvalue weighted by molar-refractivity contribution is -0.117. The Bertz CT molecular complexity index is 1540. The van der Waals surface area contributed by atoms with Gasteiger partial charge in [0, 0.05) is 43.6 Å². The maximum Gasteiger partial charge on any atom is 0.262 e. The van der Waals surface area contributed by atoms with E-state index < -0.39 is 15.9 Å². The normalized spacial score (nSPS) is 20.2. The first kappa shape index (κ1) is 27.8. The Kier molecular flexibility index (Phi) is 8.45. The largest absolute Gasteiger partial charge is 0.376 e. The van der Waals surface area contributed by atoms with Crippen LogP contribution in [0.15, 0.2) is 71.3 Å². The Morgan fingerprint density at radius 1 is 1.18 bits per heavy atom. The maximum atomic E-state index is 13.5. The number of benzene rings is 2. The number of aromatic nitrogens is 2. The summed E-state index contributed by atoms with van der Waals surface area (Å²) in [5, 5.41) is 17.4. The van der Waals surface area contributed by atoms with E-state index in [2.05, 4.69) is 12.2 Å². The van der Waals surface area contributed by atoms with E-state index >= 15 is 0 Å². The first-order valence-corrected chi connectivity index (χ1v) is 15.1. The molecule has 2 aliphatic rings. The van der Waals surface area contributed by atoms with Crippen molar-refractivity contribution in [2.75, 3.05) is 26.2 Å². The molecule has 0 radical (unpaired) electrons. The number of para-hydroxylation sites is 1. The third kappa shape index (κ3) is 6.17. The fraction of sp³-hybridized carbons (Fsp3) is 0.367. The molecule has 2 aromatic carbocycles. The Morgan fingerprint density at radius 3 is 2.73 bits per heavy atom. The van der Waals surface area contributed by atoms with Gasteiger partial charge in [-0.15, -0.1) is 0 Å². The molecule has 2 atom stereocenters. The minimum Gasteiger partial charge on any atom is -0.376 e. The van der Waals surface area contributed by atoms with Crippen LogP contribution < -0.4 is 5.32 Å². The zero-order chi connectivity index (χ0) is 28.1. The molecule has 208 valence electrons. The SMILES string of the molecule is CC1CCCN(S(=O)(=O)c2cccc(-c3nn(-c4ccccc4)cc3/C=C(\C#N)C(=O)NCC3CCCO3)c2)C1. The summed E-state index contributed by atoms with van der Waals surface area (Å²) in [6.45, 7) is 4.07. The van der Waals surface area contributed by atoms with Gasteiger partial charge in [0.25, 0.3) is 5.91 Å². The minimum absolute atomic E-state index is 0.0483. The first-order valence-electron chi connectivity index (χ1n) is 13.6. The number of nitriles is 1. The second-order valence-electron chi connectivity index (χ2n) is 10.4. The number of rotatable bonds is 8. The number of sulfonamides is 1. The van der Waals surface area contributed by atoms with Gasteiger partial charge in [-0.25, -0.2) is 13.1 Å². The summed E-state index contributed by atoms with van der Waals surface area (Å²) in [6, 6.07) is 18.2. The Hall–Kier alpha value is -3.78. The highest BCUT2D eigenvalue weighted by molar-refractivity contribution is 7.89. The van der Waals surface area contributed by atoms with Crippen LogP contribution in [0, 0.1) is 17.2 Å². The second-order valence-corrected chi connectivity index (χ2v) is 12.3. The molecule has 0 saturated carbocycles. The molecule has 3 aromatic rings. The van der Waals surface area contributed by atoms with E-state index in [0.717, 1.165) is 31.4 Å². The van der Waals surface area contributed by atoms with Crippen LogP contribution in [0.3, 0.4) is 0 Å². The van der Waals surface area contributed by atoms with E-state index in [-0.39, 0.29) is 16.6 Å². The van der Waals surface area contributed by atoms with Gasteiger partial charge in [-0.1, -0.05) is 37.3 Å². The predicted molar refractivity (Wildman–Crippen MR) is 152 cm³/mol. The minimum atomic E-state index is -3.69. The summed E-state index contributed by atoms with van der Waals surface area (Å²) < 4.78 is 35.8. The van der Waals surface area contributed by atoms with Gasteiger partial charge >= 0.3 is 0 Å². The lowest BCUT2D eigenvalue weighted by atomic mass is 10.0. The van der Waals surface area contributed by atoms with Crippen molar-refractivity contribution < 1.29 is 17.9 Å². The van der Waals surface area contributed by atoms with Gasteiger partial charge in [-0.2, -0.15) is 14.7 Å². The quantitative estimate of drug-likeness (QED) is 0.327. The summed E-state index contributed by atoms with van der Waals surface area (Å²) in [5.74, 6) is -0.187. The van der Waals surface area contributed by atoms with Crippen LogP contribution in [0.25, 0.3) is 23.0 Å². The van der Waals surface area contributed by atoms with Crippen molar-refractivity contribution in [2.45, 2.75) is 43.6 Å². The molecule has 1 amide bonds. The van der Waals surface area contributed by atoms with E-state index in [0.29, 0.717) is 49.0 Å². The third-order valence-corrected chi connectivity index (χ3v) is 9.17. The number of amides is 1. The second kappa shape index (κ2) is 12.2. The molecule has 2 saturated heterocycles. The number of piperidine rings is 1. The van der Waals surface area contributed by atoms with Gasteiger partial charge in [0.2, 0.25) is 10.0 Å². The van der Waals surface area contributed by atoms with Crippen molar-refractivity contribution in [3.8, 4) is 23.0 Å². The molecular weight excluding hydrogens is 526 g/mol. The molecule has 40 heavy (non-hydrogen) atoms. The number of hydrogen-bond acceptors (Lipinski definition) is 6. The van der Waals surface area contributed by atoms with Crippen molar-refractivity contribution in [2.24, 2.45) is 5.92 Å². The van der Waals surface area contributed by atoms with Gasteiger partial charge in [-0.3, -0.25) is 4.79 Å². The summed E-state index contributed by atoms with van der Waals surface area (Å²) in [4.78, 5) is 13.1. The molecule has 3 heterocycles. The first-order chi connectivity index (χ1) is 19.3. The average molecular weight is 560 g/mol. The number of hydrogen-bond donors (Lipinski definition) is 1. The standard InChI is InChI=1S/C30H33N5O4S/c1-22-8-6-14-34(20-22)40(37,38)28-13-5-9-23(17-28)29-25(21-35(33-29)26-10-3-2-4-11-26)16-24(18-31)30(36)32-19-27-12-7-15-39-27/h2-5,9-11,13,16-17,21-22,27H,6-8,12,14-15,19-20H2,1H3,(H,32,36)/b24-16+. The number of nitrogens with one attached hydrogen (secondary N) is 1. The number of carbonyl (C=O) groups is 1. The number of nitrogens with zero attached hydrogens (tertiary/aromatic N) is 4. The van der Waals surface area contributed by atoms with Crippen LogP contribution in [0.1, 0.15) is 38.2 Å². The molecule has 0 spiro atoms. The molecule has 5 rings (SSSR count). The zero-order valence-electron chi connectivity index (χ0n) is 22.5. The van der Waals surface area contributed by atoms with E-state index in [1.165, 1.54) is 6.08 Å². The van der Waals surface area contributed by atoms with E-state index in [1.807, 2.05) is 36.4 Å². The van der Waals surface area contributed by atoms with Crippen molar-refractivity contribution in [3.05, 3.63) is 71.9 Å². The monoisotopic (exact) mass is 559 g/mol. The van der Waals surface area contributed by atoms with Crippen LogP contribution in [-0.2, 0) is 19.6 Å². The molecule has 10 heteroatoms. The highest BCUT2D eigenvalue weighted by Gasteiger charge is 2.29. The van der Waals surface area contributed by atoms with Crippen LogP contribution in [-0.4, -0.2) is 60.8 Å². The highest BCUT2D eigenvalue weighted by atomic mass is 32.2. The van der Waals surface area contributed by atoms with E-state index in [4.69, 9.17) is 9.84 Å². The van der Waals surface area contributed by atoms with Gasteiger partial charge in [0.15, 0.2) is 0 Å². The van der Waals surface area contributed by atoms with Crippen molar-refractivity contribution in [1.29, 1.82) is 5.26 Å². The maximum absolute atomic E-state index is 13.5. The highest BCUT2D eigenvalue weighted by Crippen LogP contribution is 2.30. The average Bonchev–Trinajstić information content (AvgIpc) is 3.65. The molecular formula is C30H33N5O4S. The van der Waals surface area contributed by atoms with Gasteiger partial charge in [0.05, 0.1) is 16.7 Å². The smallest absolute Gasteiger partial charge is 0.262 e. The fourth-order valence-corrected chi connectivity index (χ4v) is 6.80. The summed E-state index contributed by atoms with van der Waals surface area (Å²) >= 11 is 0. The van der Waals surface area contributed by atoms with Crippen molar-refractivity contribution >= 4 is 22.0 Å². The van der Waals surface area contributed by atoms with Gasteiger partial charge in [-0.05, 0) is 61.9 Å². The lowest BCUT2D eigenvalue weighted by Crippen LogP contribution is -2.39. The Labute approximate surface area is 235 Å². The fourth-order valence-electron chi connectivity index (χ4n) is 5.16. The van der Waals surface area contributed by atoms with Gasteiger partial charge < -0.3 is 10.1 Å². The summed E-state index contributed by atoms with van der Waals surface area (Å²) in [6.07, 6.45) is 6.87. The van der Waals surface area contributed by atoms with Gasteiger partial charge in [0.1, 0.15) is 17.3 Å². The predicted octanol–water partition coefficient (Wildman–Crippen LogP) is 4.16. The van der Waals surface area contributed by atoms with Crippen molar-refractivity contribution in [3.63, 3.8) is 0 Å².